The van der Waals surface area contributed by atoms with Crippen molar-refractivity contribution in [2.24, 2.45) is 0 Å². The Morgan fingerprint density at radius 3 is 2.48 bits per heavy atom. The van der Waals surface area contributed by atoms with E-state index in [1.54, 1.807) is 0 Å². The van der Waals surface area contributed by atoms with E-state index in [0.717, 1.165) is 12.3 Å². The molecule has 2 aromatic rings. The number of halogens is 3. The van der Waals surface area contributed by atoms with Crippen molar-refractivity contribution in [2.75, 3.05) is 12.4 Å². The highest BCUT2D eigenvalue weighted by Gasteiger charge is 2.34. The lowest BCUT2D eigenvalue weighted by Crippen LogP contribution is -2.18. The SMILES string of the molecule is COc1ccc(CC(=O)Nc2ccc(C(=O)O)cn2)c(C(F)(F)F)c1. The fourth-order valence-electron chi connectivity index (χ4n) is 2.05. The summed E-state index contributed by atoms with van der Waals surface area (Å²) in [6.07, 6.45) is -4.13. The first kappa shape index (κ1) is 18.2. The Bertz CT molecular complexity index is 789. The standard InChI is InChI=1S/C16H13F3N2O4/c1-25-11-4-2-9(12(7-11)16(17,18)19)6-14(22)21-13-5-3-10(8-20-13)15(23)24/h2-5,7-8H,6H2,1H3,(H,23,24)(H,20,21,22). The molecule has 6 nitrogen and oxygen atoms in total. The lowest BCUT2D eigenvalue weighted by molar-refractivity contribution is -0.138. The second kappa shape index (κ2) is 7.20. The topological polar surface area (TPSA) is 88.5 Å². The highest BCUT2D eigenvalue weighted by Crippen LogP contribution is 2.34. The summed E-state index contributed by atoms with van der Waals surface area (Å²) in [6, 6.07) is 5.79. The van der Waals surface area contributed by atoms with Crippen LogP contribution >= 0.6 is 0 Å². The summed E-state index contributed by atoms with van der Waals surface area (Å²) in [5, 5.41) is 11.1. The zero-order chi connectivity index (χ0) is 18.6. The summed E-state index contributed by atoms with van der Waals surface area (Å²) >= 11 is 0. The molecule has 25 heavy (non-hydrogen) atoms. The molecule has 1 amide bonds. The average Bonchev–Trinajstić information content (AvgIpc) is 2.54. The van der Waals surface area contributed by atoms with Crippen LogP contribution in [0.25, 0.3) is 0 Å². The van der Waals surface area contributed by atoms with Gasteiger partial charge in [0.15, 0.2) is 0 Å². The number of carbonyl (C=O) groups excluding carboxylic acids is 1. The van der Waals surface area contributed by atoms with Crippen molar-refractivity contribution < 1.29 is 32.6 Å². The molecule has 0 unspecified atom stereocenters. The first-order chi connectivity index (χ1) is 11.7. The van der Waals surface area contributed by atoms with Gasteiger partial charge in [0.2, 0.25) is 5.91 Å². The summed E-state index contributed by atoms with van der Waals surface area (Å²) in [5.74, 6) is -1.83. The molecule has 1 aromatic carbocycles. The van der Waals surface area contributed by atoms with Gasteiger partial charge in [0, 0.05) is 6.20 Å². The summed E-state index contributed by atoms with van der Waals surface area (Å²) in [7, 11) is 1.24. The molecule has 132 valence electrons. The lowest BCUT2D eigenvalue weighted by atomic mass is 10.0. The minimum absolute atomic E-state index is 0.0300. The summed E-state index contributed by atoms with van der Waals surface area (Å²) in [5.41, 5.74) is -1.25. The van der Waals surface area contributed by atoms with Gasteiger partial charge in [0.1, 0.15) is 11.6 Å². The Labute approximate surface area is 140 Å². The van der Waals surface area contributed by atoms with Crippen molar-refractivity contribution in [1.82, 2.24) is 4.98 Å². The maximum atomic E-state index is 13.1. The summed E-state index contributed by atoms with van der Waals surface area (Å²) in [6.45, 7) is 0. The van der Waals surface area contributed by atoms with Crippen LogP contribution in [0.15, 0.2) is 36.5 Å². The van der Waals surface area contributed by atoms with Crippen LogP contribution in [0, 0.1) is 0 Å². The maximum Gasteiger partial charge on any atom is 0.416 e. The van der Waals surface area contributed by atoms with Crippen LogP contribution in [0.2, 0.25) is 0 Å². The fraction of sp³-hybridized carbons (Fsp3) is 0.188. The second-order valence-corrected chi connectivity index (χ2v) is 4.98. The monoisotopic (exact) mass is 354 g/mol. The molecule has 0 radical (unpaired) electrons. The van der Waals surface area contributed by atoms with Crippen molar-refractivity contribution in [2.45, 2.75) is 12.6 Å². The second-order valence-electron chi connectivity index (χ2n) is 4.98. The van der Waals surface area contributed by atoms with Crippen LogP contribution < -0.4 is 10.1 Å². The van der Waals surface area contributed by atoms with E-state index in [0.29, 0.717) is 0 Å². The minimum Gasteiger partial charge on any atom is -0.497 e. The molecule has 0 aliphatic heterocycles. The van der Waals surface area contributed by atoms with Gasteiger partial charge in [-0.05, 0) is 29.8 Å². The molecule has 0 aliphatic carbocycles. The molecule has 1 heterocycles. The molecular formula is C16H13F3N2O4. The number of anilines is 1. The van der Waals surface area contributed by atoms with E-state index in [1.165, 1.54) is 31.4 Å². The number of nitrogens with one attached hydrogen (secondary N) is 1. The fourth-order valence-corrected chi connectivity index (χ4v) is 2.05. The molecule has 9 heteroatoms. The number of nitrogens with zero attached hydrogens (tertiary/aromatic N) is 1. The first-order valence-corrected chi connectivity index (χ1v) is 6.94. The van der Waals surface area contributed by atoms with Crippen LogP contribution in [-0.4, -0.2) is 29.1 Å². The lowest BCUT2D eigenvalue weighted by Gasteiger charge is -2.14. The van der Waals surface area contributed by atoms with Gasteiger partial charge in [0.25, 0.3) is 0 Å². The zero-order valence-corrected chi connectivity index (χ0v) is 12.9. The molecule has 2 N–H and O–H groups in total. The van der Waals surface area contributed by atoms with Crippen LogP contribution in [0.4, 0.5) is 19.0 Å². The number of amides is 1. The van der Waals surface area contributed by atoms with E-state index in [9.17, 15) is 22.8 Å². The van der Waals surface area contributed by atoms with Crippen molar-refractivity contribution in [3.8, 4) is 5.75 Å². The zero-order valence-electron chi connectivity index (χ0n) is 12.9. The molecule has 2 rings (SSSR count). The third kappa shape index (κ3) is 4.69. The van der Waals surface area contributed by atoms with E-state index in [1.807, 2.05) is 0 Å². The van der Waals surface area contributed by atoms with Gasteiger partial charge in [-0.3, -0.25) is 4.79 Å². The van der Waals surface area contributed by atoms with Crippen LogP contribution in [-0.2, 0) is 17.4 Å². The van der Waals surface area contributed by atoms with Crippen LogP contribution in [0.3, 0.4) is 0 Å². The minimum atomic E-state index is -4.63. The highest BCUT2D eigenvalue weighted by molar-refractivity contribution is 5.92. The number of aromatic nitrogens is 1. The molecular weight excluding hydrogens is 341 g/mol. The van der Waals surface area contributed by atoms with Gasteiger partial charge in [-0.2, -0.15) is 13.2 Å². The third-order valence-corrected chi connectivity index (χ3v) is 3.25. The van der Waals surface area contributed by atoms with Gasteiger partial charge in [0.05, 0.1) is 24.7 Å². The molecule has 0 fully saturated rings. The van der Waals surface area contributed by atoms with Gasteiger partial charge >= 0.3 is 12.1 Å². The van der Waals surface area contributed by atoms with Crippen molar-refractivity contribution in [1.29, 1.82) is 0 Å². The molecule has 0 spiro atoms. The van der Waals surface area contributed by atoms with Crippen molar-refractivity contribution in [3.05, 3.63) is 53.2 Å². The smallest absolute Gasteiger partial charge is 0.416 e. The Kier molecular flexibility index (Phi) is 5.26. The first-order valence-electron chi connectivity index (χ1n) is 6.94. The number of carbonyl (C=O) groups is 2. The number of hydrogen-bond acceptors (Lipinski definition) is 4. The maximum absolute atomic E-state index is 13.1. The predicted molar refractivity (Wildman–Crippen MR) is 81.5 cm³/mol. The van der Waals surface area contributed by atoms with E-state index in [4.69, 9.17) is 9.84 Å². The number of aromatic carboxylic acids is 1. The quantitative estimate of drug-likeness (QED) is 0.862. The normalized spacial score (nSPS) is 11.0. The predicted octanol–water partition coefficient (Wildman–Crippen LogP) is 2.99. The number of methoxy groups -OCH3 is 1. The number of carboxylic acid groups (broad SMARTS) is 1. The van der Waals surface area contributed by atoms with Crippen molar-refractivity contribution in [3.63, 3.8) is 0 Å². The van der Waals surface area contributed by atoms with E-state index < -0.39 is 30.0 Å². The Morgan fingerprint density at radius 1 is 1.24 bits per heavy atom. The van der Waals surface area contributed by atoms with E-state index in [-0.39, 0.29) is 22.7 Å². The Balaban J connectivity index is 2.16. The molecule has 0 aliphatic rings. The number of pyridine rings is 1. The van der Waals surface area contributed by atoms with Gasteiger partial charge < -0.3 is 15.2 Å². The molecule has 0 saturated carbocycles. The van der Waals surface area contributed by atoms with Crippen LogP contribution in [0.5, 0.6) is 5.75 Å². The summed E-state index contributed by atoms with van der Waals surface area (Å²) < 4.78 is 44.1. The summed E-state index contributed by atoms with van der Waals surface area (Å²) in [4.78, 5) is 26.4. The number of rotatable bonds is 5. The van der Waals surface area contributed by atoms with Gasteiger partial charge in [-0.1, -0.05) is 6.07 Å². The molecule has 1 aromatic heterocycles. The number of hydrogen-bond donors (Lipinski definition) is 2. The number of alkyl halides is 3. The highest BCUT2D eigenvalue weighted by atomic mass is 19.4. The van der Waals surface area contributed by atoms with Crippen molar-refractivity contribution >= 4 is 17.7 Å². The van der Waals surface area contributed by atoms with E-state index >= 15 is 0 Å². The Hall–Kier alpha value is -3.10. The average molecular weight is 354 g/mol. The number of benzene rings is 1. The number of carboxylic acids is 1. The van der Waals surface area contributed by atoms with E-state index in [2.05, 4.69) is 10.3 Å². The molecule has 0 bridgehead atoms. The van der Waals surface area contributed by atoms with Crippen LogP contribution in [0.1, 0.15) is 21.5 Å². The van der Waals surface area contributed by atoms with Gasteiger partial charge in [-0.25, -0.2) is 9.78 Å². The number of ether oxygens (including phenoxy) is 1. The molecule has 0 atom stereocenters. The Morgan fingerprint density at radius 2 is 1.96 bits per heavy atom. The third-order valence-electron chi connectivity index (χ3n) is 3.25. The largest absolute Gasteiger partial charge is 0.497 e. The molecule has 0 saturated heterocycles. The van der Waals surface area contributed by atoms with Gasteiger partial charge in [-0.15, -0.1) is 0 Å².